The van der Waals surface area contributed by atoms with Crippen LogP contribution in [-0.2, 0) is 10.0 Å². The van der Waals surface area contributed by atoms with Crippen LogP contribution in [0.5, 0.6) is 0 Å². The molecule has 3 heterocycles. The number of aryl methyl sites for hydroxylation is 1. The van der Waals surface area contributed by atoms with E-state index >= 15 is 0 Å². The second-order valence-corrected chi connectivity index (χ2v) is 8.50. The fraction of sp³-hybridized carbons (Fsp3) is 0.263. The first-order valence-electron chi connectivity index (χ1n) is 8.61. The van der Waals surface area contributed by atoms with Crippen LogP contribution in [0.15, 0.2) is 45.7 Å². The second kappa shape index (κ2) is 6.47. The predicted octanol–water partition coefficient (Wildman–Crippen LogP) is 3.29. The van der Waals surface area contributed by atoms with E-state index in [9.17, 15) is 18.3 Å². The zero-order valence-corrected chi connectivity index (χ0v) is 15.5. The molecule has 0 amide bonds. The minimum atomic E-state index is -3.64. The van der Waals surface area contributed by atoms with Crippen molar-refractivity contribution >= 4 is 26.9 Å². The first kappa shape index (κ1) is 17.7. The summed E-state index contributed by atoms with van der Waals surface area (Å²) >= 11 is 0. The Morgan fingerprint density at radius 2 is 1.89 bits per heavy atom. The van der Waals surface area contributed by atoms with E-state index in [0.717, 1.165) is 12.8 Å². The van der Waals surface area contributed by atoms with Gasteiger partial charge in [-0.2, -0.15) is 4.31 Å². The van der Waals surface area contributed by atoms with Gasteiger partial charge in [0.15, 0.2) is 5.76 Å². The van der Waals surface area contributed by atoms with Crippen molar-refractivity contribution in [3.63, 3.8) is 0 Å². The van der Waals surface area contributed by atoms with Crippen LogP contribution >= 0.6 is 0 Å². The van der Waals surface area contributed by atoms with Gasteiger partial charge < -0.3 is 9.52 Å². The van der Waals surface area contributed by atoms with Gasteiger partial charge in [0.25, 0.3) is 0 Å². The van der Waals surface area contributed by atoms with Gasteiger partial charge in [-0.15, -0.1) is 0 Å². The average molecular weight is 386 g/mol. The summed E-state index contributed by atoms with van der Waals surface area (Å²) in [6.45, 7) is 2.76. The lowest BCUT2D eigenvalue weighted by Gasteiger charge is -2.16. The van der Waals surface area contributed by atoms with E-state index in [2.05, 4.69) is 4.98 Å². The van der Waals surface area contributed by atoms with Crippen LogP contribution in [0.2, 0.25) is 0 Å². The fourth-order valence-corrected chi connectivity index (χ4v) is 4.86. The maximum absolute atomic E-state index is 12.8. The number of aromatic carboxylic acids is 1. The number of carboxylic acid groups (broad SMARTS) is 1. The van der Waals surface area contributed by atoms with Crippen LogP contribution in [0, 0.1) is 6.92 Å². The summed E-state index contributed by atoms with van der Waals surface area (Å²) in [7, 11) is -3.64. The van der Waals surface area contributed by atoms with Gasteiger partial charge in [0.2, 0.25) is 10.0 Å². The molecule has 140 valence electrons. The monoisotopic (exact) mass is 386 g/mol. The fourth-order valence-electron chi connectivity index (χ4n) is 3.32. The minimum absolute atomic E-state index is 0.0116. The Balaban J connectivity index is 1.88. The van der Waals surface area contributed by atoms with E-state index in [0.29, 0.717) is 35.8 Å². The number of nitrogens with zero attached hydrogens (tertiary/aromatic N) is 2. The Bertz CT molecular complexity index is 1140. The molecule has 1 fully saturated rings. The predicted molar refractivity (Wildman–Crippen MR) is 99.1 cm³/mol. The van der Waals surface area contributed by atoms with Crippen LogP contribution in [0.25, 0.3) is 22.4 Å². The number of furan rings is 1. The Kier molecular flexibility index (Phi) is 4.24. The molecule has 1 aliphatic heterocycles. The molecule has 1 aromatic carbocycles. The third-order valence-corrected chi connectivity index (χ3v) is 6.60. The van der Waals surface area contributed by atoms with E-state index in [1.165, 1.54) is 22.5 Å². The summed E-state index contributed by atoms with van der Waals surface area (Å²) in [6.07, 6.45) is 1.67. The Labute approximate surface area is 156 Å². The molecular weight excluding hydrogens is 368 g/mol. The molecule has 0 spiro atoms. The molecule has 0 radical (unpaired) electrons. The van der Waals surface area contributed by atoms with E-state index in [-0.39, 0.29) is 15.8 Å². The molecule has 4 rings (SSSR count). The van der Waals surface area contributed by atoms with Crippen LogP contribution in [0.3, 0.4) is 0 Å². The number of fused-ring (bicyclic) bond motifs is 1. The SMILES string of the molecule is Cc1ccc(-c2cc(C(=O)O)c3cc(S(=O)(=O)N4CCCC4)ccc3n2)o1. The highest BCUT2D eigenvalue weighted by atomic mass is 32.2. The Morgan fingerprint density at radius 1 is 1.15 bits per heavy atom. The van der Waals surface area contributed by atoms with Crippen LogP contribution in [0.4, 0.5) is 0 Å². The van der Waals surface area contributed by atoms with E-state index in [4.69, 9.17) is 4.42 Å². The number of hydrogen-bond donors (Lipinski definition) is 1. The normalized spacial score (nSPS) is 15.4. The molecular formula is C19H18N2O5S. The van der Waals surface area contributed by atoms with E-state index in [1.54, 1.807) is 25.1 Å². The second-order valence-electron chi connectivity index (χ2n) is 6.56. The molecule has 2 aromatic heterocycles. The van der Waals surface area contributed by atoms with Gasteiger partial charge in [0.05, 0.1) is 16.0 Å². The van der Waals surface area contributed by atoms with Gasteiger partial charge in [0, 0.05) is 18.5 Å². The molecule has 0 saturated carbocycles. The summed E-state index contributed by atoms with van der Waals surface area (Å²) in [5.74, 6) is 0.00383. The van der Waals surface area contributed by atoms with Crippen LogP contribution < -0.4 is 0 Å². The van der Waals surface area contributed by atoms with Gasteiger partial charge in [-0.3, -0.25) is 0 Å². The van der Waals surface area contributed by atoms with Gasteiger partial charge in [0.1, 0.15) is 11.5 Å². The standard InChI is InChI=1S/C19H18N2O5S/c1-12-4-7-18(26-12)17-11-15(19(22)23)14-10-13(5-6-16(14)20-17)27(24,25)21-8-2-3-9-21/h4-7,10-11H,2-3,8-9H2,1H3,(H,22,23). The third-order valence-electron chi connectivity index (χ3n) is 4.71. The number of carboxylic acids is 1. The molecule has 1 N–H and O–H groups in total. The van der Waals surface area contributed by atoms with Crippen molar-refractivity contribution in [2.45, 2.75) is 24.7 Å². The molecule has 0 unspecified atom stereocenters. The van der Waals surface area contributed by atoms with Crippen molar-refractivity contribution in [1.82, 2.24) is 9.29 Å². The van der Waals surface area contributed by atoms with Gasteiger partial charge >= 0.3 is 5.97 Å². The van der Waals surface area contributed by atoms with Crippen molar-refractivity contribution < 1.29 is 22.7 Å². The zero-order valence-electron chi connectivity index (χ0n) is 14.7. The minimum Gasteiger partial charge on any atom is -0.478 e. The van der Waals surface area contributed by atoms with Crippen molar-refractivity contribution in [1.29, 1.82) is 0 Å². The molecule has 0 atom stereocenters. The van der Waals surface area contributed by atoms with Crippen molar-refractivity contribution in [2.75, 3.05) is 13.1 Å². The summed E-state index contributed by atoms with van der Waals surface area (Å²) in [5, 5.41) is 9.93. The van der Waals surface area contributed by atoms with Crippen LogP contribution in [-0.4, -0.2) is 41.9 Å². The largest absolute Gasteiger partial charge is 0.478 e. The van der Waals surface area contributed by atoms with E-state index in [1.807, 2.05) is 0 Å². The molecule has 7 nitrogen and oxygen atoms in total. The highest BCUT2D eigenvalue weighted by Crippen LogP contribution is 2.29. The molecule has 8 heteroatoms. The van der Waals surface area contributed by atoms with Crippen LogP contribution in [0.1, 0.15) is 29.0 Å². The number of aromatic nitrogens is 1. The number of pyridine rings is 1. The number of benzene rings is 1. The van der Waals surface area contributed by atoms with E-state index < -0.39 is 16.0 Å². The van der Waals surface area contributed by atoms with Gasteiger partial charge in [-0.1, -0.05) is 0 Å². The molecule has 1 aliphatic rings. The zero-order chi connectivity index (χ0) is 19.2. The van der Waals surface area contributed by atoms with Crippen molar-refractivity contribution in [2.24, 2.45) is 0 Å². The van der Waals surface area contributed by atoms with Gasteiger partial charge in [-0.05, 0) is 56.2 Å². The first-order chi connectivity index (χ1) is 12.9. The number of sulfonamides is 1. The van der Waals surface area contributed by atoms with Crippen molar-refractivity contribution in [3.8, 4) is 11.5 Å². The maximum Gasteiger partial charge on any atom is 0.336 e. The lowest BCUT2D eigenvalue weighted by atomic mass is 10.1. The Hall–Kier alpha value is -2.71. The quantitative estimate of drug-likeness (QED) is 0.738. The summed E-state index contributed by atoms with van der Waals surface area (Å²) in [6, 6.07) is 9.33. The topological polar surface area (TPSA) is 101 Å². The molecule has 27 heavy (non-hydrogen) atoms. The lowest BCUT2D eigenvalue weighted by molar-refractivity contribution is 0.0699. The summed E-state index contributed by atoms with van der Waals surface area (Å²) in [4.78, 5) is 16.3. The number of hydrogen-bond acceptors (Lipinski definition) is 5. The average Bonchev–Trinajstić information content (AvgIpc) is 3.32. The molecule has 0 bridgehead atoms. The molecule has 0 aliphatic carbocycles. The highest BCUT2D eigenvalue weighted by molar-refractivity contribution is 7.89. The third kappa shape index (κ3) is 3.11. The summed E-state index contributed by atoms with van der Waals surface area (Å²) < 4.78 is 32.6. The number of carbonyl (C=O) groups is 1. The smallest absolute Gasteiger partial charge is 0.336 e. The van der Waals surface area contributed by atoms with Gasteiger partial charge in [-0.25, -0.2) is 18.2 Å². The number of rotatable bonds is 4. The summed E-state index contributed by atoms with van der Waals surface area (Å²) in [5.41, 5.74) is 0.782. The lowest BCUT2D eigenvalue weighted by Crippen LogP contribution is -2.27. The molecule has 3 aromatic rings. The first-order valence-corrected chi connectivity index (χ1v) is 10.1. The molecule has 1 saturated heterocycles. The Morgan fingerprint density at radius 3 is 2.52 bits per heavy atom. The highest BCUT2D eigenvalue weighted by Gasteiger charge is 2.28. The maximum atomic E-state index is 12.8. The van der Waals surface area contributed by atoms with Crippen molar-refractivity contribution in [3.05, 3.63) is 47.7 Å².